The molecule has 7 nitrogen and oxygen atoms in total. The van der Waals surface area contributed by atoms with Crippen LogP contribution < -0.4 is 10.2 Å². The average molecular weight is 459 g/mol. The van der Waals surface area contributed by atoms with Crippen molar-refractivity contribution in [2.45, 2.75) is 30.3 Å². The standard InChI is InChI=1S/C20H25F3N4O3S/c1-25(2)14-7-8-17(16(11-14)20(21,22)23)24-19(28)18-12-15(13-26(18)3)31(29,30)27-9-5-4-6-10-27/h7-8,11-13H,4-6,9-10H2,1-3H3,(H,24,28). The molecule has 0 bridgehead atoms. The van der Waals surface area contributed by atoms with Gasteiger partial charge in [-0.1, -0.05) is 6.42 Å². The normalized spacial score (nSPS) is 15.7. The Balaban J connectivity index is 1.90. The number of alkyl halides is 3. The molecule has 0 unspecified atom stereocenters. The van der Waals surface area contributed by atoms with Crippen LogP contribution in [0.3, 0.4) is 0 Å². The third kappa shape index (κ3) is 4.87. The monoisotopic (exact) mass is 458 g/mol. The fraction of sp³-hybridized carbons (Fsp3) is 0.450. The van der Waals surface area contributed by atoms with E-state index in [-0.39, 0.29) is 10.6 Å². The molecule has 1 saturated heterocycles. The molecule has 1 N–H and O–H groups in total. The minimum atomic E-state index is -4.67. The van der Waals surface area contributed by atoms with Crippen molar-refractivity contribution < 1.29 is 26.4 Å². The minimum Gasteiger partial charge on any atom is -0.378 e. The molecule has 1 amide bonds. The van der Waals surface area contributed by atoms with Gasteiger partial charge in [-0.3, -0.25) is 4.79 Å². The van der Waals surface area contributed by atoms with E-state index >= 15 is 0 Å². The molecule has 3 rings (SSSR count). The van der Waals surface area contributed by atoms with Gasteiger partial charge in [0.2, 0.25) is 10.0 Å². The summed E-state index contributed by atoms with van der Waals surface area (Å²) in [6.07, 6.45) is -0.877. The Hall–Kier alpha value is -2.53. The average Bonchev–Trinajstić information content (AvgIpc) is 3.10. The summed E-state index contributed by atoms with van der Waals surface area (Å²) in [6, 6.07) is 4.79. The zero-order valence-corrected chi connectivity index (χ0v) is 18.3. The lowest BCUT2D eigenvalue weighted by Gasteiger charge is -2.25. The number of piperidine rings is 1. The number of sulfonamides is 1. The number of rotatable bonds is 5. The maximum absolute atomic E-state index is 13.5. The summed E-state index contributed by atoms with van der Waals surface area (Å²) in [4.78, 5) is 14.2. The predicted molar refractivity (Wildman–Crippen MR) is 112 cm³/mol. The first-order valence-electron chi connectivity index (χ1n) is 9.77. The lowest BCUT2D eigenvalue weighted by molar-refractivity contribution is -0.136. The van der Waals surface area contributed by atoms with Crippen molar-refractivity contribution in [3.63, 3.8) is 0 Å². The van der Waals surface area contributed by atoms with E-state index < -0.39 is 33.4 Å². The predicted octanol–water partition coefficient (Wildman–Crippen LogP) is 3.54. The molecule has 1 aliphatic heterocycles. The SMILES string of the molecule is CN(C)c1ccc(NC(=O)c2cc(S(=O)(=O)N3CCCCC3)cn2C)c(C(F)(F)F)c1. The van der Waals surface area contributed by atoms with Crippen LogP contribution in [-0.4, -0.2) is 50.4 Å². The highest BCUT2D eigenvalue weighted by atomic mass is 32.2. The number of aromatic nitrogens is 1. The number of nitrogens with zero attached hydrogens (tertiary/aromatic N) is 3. The largest absolute Gasteiger partial charge is 0.418 e. The van der Waals surface area contributed by atoms with Gasteiger partial charge in [-0.25, -0.2) is 8.42 Å². The maximum atomic E-state index is 13.5. The molecule has 1 aromatic carbocycles. The molecule has 0 aliphatic carbocycles. The third-order valence-corrected chi connectivity index (χ3v) is 7.10. The Morgan fingerprint density at radius 1 is 1.10 bits per heavy atom. The summed E-state index contributed by atoms with van der Waals surface area (Å²) in [7, 11) is 0.933. The number of carbonyl (C=O) groups is 1. The summed E-state index contributed by atoms with van der Waals surface area (Å²) >= 11 is 0. The summed E-state index contributed by atoms with van der Waals surface area (Å²) in [5, 5.41) is 2.28. The molecule has 170 valence electrons. The number of hydrogen-bond acceptors (Lipinski definition) is 4. The van der Waals surface area contributed by atoms with Crippen LogP contribution in [0.5, 0.6) is 0 Å². The highest BCUT2D eigenvalue weighted by Gasteiger charge is 2.35. The molecule has 0 atom stereocenters. The quantitative estimate of drug-likeness (QED) is 0.744. The minimum absolute atomic E-state index is 0.0546. The van der Waals surface area contributed by atoms with Crippen LogP contribution in [0.25, 0.3) is 0 Å². The molecule has 31 heavy (non-hydrogen) atoms. The Bertz CT molecular complexity index is 1070. The Morgan fingerprint density at radius 2 is 1.74 bits per heavy atom. The lowest BCUT2D eigenvalue weighted by Crippen LogP contribution is -2.35. The van der Waals surface area contributed by atoms with Crippen molar-refractivity contribution in [1.82, 2.24) is 8.87 Å². The van der Waals surface area contributed by atoms with Crippen LogP contribution in [0.15, 0.2) is 35.4 Å². The number of hydrogen-bond donors (Lipinski definition) is 1. The van der Waals surface area contributed by atoms with E-state index in [2.05, 4.69) is 5.32 Å². The van der Waals surface area contributed by atoms with E-state index in [4.69, 9.17) is 0 Å². The van der Waals surface area contributed by atoms with Crippen molar-refractivity contribution in [3.8, 4) is 0 Å². The second-order valence-corrected chi connectivity index (χ2v) is 9.65. The molecular formula is C20H25F3N4O3S. The zero-order chi connectivity index (χ0) is 23.0. The molecule has 2 heterocycles. The molecule has 1 aliphatic rings. The smallest absolute Gasteiger partial charge is 0.378 e. The third-order valence-electron chi connectivity index (χ3n) is 5.24. The fourth-order valence-electron chi connectivity index (χ4n) is 3.50. The van der Waals surface area contributed by atoms with Crippen LogP contribution in [-0.2, 0) is 23.2 Å². The maximum Gasteiger partial charge on any atom is 0.418 e. The fourth-order valence-corrected chi connectivity index (χ4v) is 5.08. The molecule has 1 fully saturated rings. The van der Waals surface area contributed by atoms with E-state index in [1.54, 1.807) is 14.1 Å². The van der Waals surface area contributed by atoms with Gasteiger partial charge < -0.3 is 14.8 Å². The van der Waals surface area contributed by atoms with Crippen molar-refractivity contribution in [1.29, 1.82) is 0 Å². The van der Waals surface area contributed by atoms with Gasteiger partial charge in [0.25, 0.3) is 5.91 Å². The van der Waals surface area contributed by atoms with Crippen molar-refractivity contribution in [3.05, 3.63) is 41.7 Å². The van der Waals surface area contributed by atoms with Crippen molar-refractivity contribution >= 4 is 27.3 Å². The van der Waals surface area contributed by atoms with Crippen LogP contribution >= 0.6 is 0 Å². The number of nitrogens with one attached hydrogen (secondary N) is 1. The van der Waals surface area contributed by atoms with Crippen LogP contribution in [0.4, 0.5) is 24.5 Å². The number of amides is 1. The molecular weight excluding hydrogens is 433 g/mol. The number of benzene rings is 1. The lowest BCUT2D eigenvalue weighted by atomic mass is 10.1. The van der Waals surface area contributed by atoms with Gasteiger partial charge in [-0.2, -0.15) is 17.5 Å². The summed E-state index contributed by atoms with van der Waals surface area (Å²) in [6.45, 7) is 0.817. The first kappa shape index (κ1) is 23.1. The van der Waals surface area contributed by atoms with Gasteiger partial charge in [-0.05, 0) is 37.1 Å². The van der Waals surface area contributed by atoms with Gasteiger partial charge in [0.05, 0.1) is 11.3 Å². The Morgan fingerprint density at radius 3 is 2.32 bits per heavy atom. The highest BCUT2D eigenvalue weighted by Crippen LogP contribution is 2.37. The zero-order valence-electron chi connectivity index (χ0n) is 17.5. The number of aryl methyl sites for hydroxylation is 1. The second kappa shape index (κ2) is 8.54. The topological polar surface area (TPSA) is 74.7 Å². The van der Waals surface area contributed by atoms with E-state index in [1.807, 2.05) is 0 Å². The molecule has 0 spiro atoms. The number of halogens is 3. The summed E-state index contributed by atoms with van der Waals surface area (Å²) in [5.74, 6) is -0.828. The Kier molecular flexibility index (Phi) is 6.38. The molecule has 2 aromatic rings. The summed E-state index contributed by atoms with van der Waals surface area (Å²) < 4.78 is 69.0. The Labute approximate surface area is 179 Å². The van der Waals surface area contributed by atoms with Crippen molar-refractivity contribution in [2.75, 3.05) is 37.4 Å². The van der Waals surface area contributed by atoms with Crippen molar-refractivity contribution in [2.24, 2.45) is 7.05 Å². The molecule has 0 saturated carbocycles. The first-order valence-corrected chi connectivity index (χ1v) is 11.2. The van der Waals surface area contributed by atoms with Gasteiger partial charge in [0, 0.05) is 46.1 Å². The van der Waals surface area contributed by atoms with E-state index in [0.717, 1.165) is 25.3 Å². The van der Waals surface area contributed by atoms with E-state index in [1.165, 1.54) is 45.2 Å². The van der Waals surface area contributed by atoms with E-state index in [9.17, 15) is 26.4 Å². The number of anilines is 2. The van der Waals surface area contributed by atoms with Gasteiger partial charge >= 0.3 is 6.18 Å². The molecule has 0 radical (unpaired) electrons. The van der Waals surface area contributed by atoms with Crippen LogP contribution in [0, 0.1) is 0 Å². The number of carbonyl (C=O) groups excluding carboxylic acids is 1. The molecule has 1 aromatic heterocycles. The first-order chi connectivity index (χ1) is 14.4. The summed E-state index contributed by atoms with van der Waals surface area (Å²) in [5.41, 5.74) is -1.10. The van der Waals surface area contributed by atoms with E-state index in [0.29, 0.717) is 18.8 Å². The van der Waals surface area contributed by atoms with Gasteiger partial charge in [0.15, 0.2) is 0 Å². The van der Waals surface area contributed by atoms with Gasteiger partial charge in [0.1, 0.15) is 10.6 Å². The van der Waals surface area contributed by atoms with Crippen LogP contribution in [0.2, 0.25) is 0 Å². The van der Waals surface area contributed by atoms with Crippen LogP contribution in [0.1, 0.15) is 35.3 Å². The highest BCUT2D eigenvalue weighted by molar-refractivity contribution is 7.89. The molecule has 11 heteroatoms. The van der Waals surface area contributed by atoms with Gasteiger partial charge in [-0.15, -0.1) is 0 Å². The second-order valence-electron chi connectivity index (χ2n) is 7.71.